The van der Waals surface area contributed by atoms with Crippen LogP contribution in [0.5, 0.6) is 0 Å². The number of carbonyl (C=O) groups is 1. The van der Waals surface area contributed by atoms with Crippen LogP contribution in [-0.4, -0.2) is 38.5 Å². The molecule has 0 radical (unpaired) electrons. The third-order valence-electron chi connectivity index (χ3n) is 6.57. The topological polar surface area (TPSA) is 50.5 Å². The summed E-state index contributed by atoms with van der Waals surface area (Å²) in [5, 5.41) is 8.68. The quantitative estimate of drug-likeness (QED) is 0.853. The smallest absolute Gasteiger partial charge is 0.225 e. The fraction of sp³-hybridized carbons (Fsp3) is 0.632. The molecule has 3 heterocycles. The van der Waals surface area contributed by atoms with E-state index in [4.69, 9.17) is 0 Å². The Morgan fingerprint density at radius 2 is 1.92 bits per heavy atom. The third kappa shape index (κ3) is 2.25. The molecule has 0 aromatic carbocycles. The van der Waals surface area contributed by atoms with Gasteiger partial charge in [0.1, 0.15) is 5.82 Å². The van der Waals surface area contributed by atoms with Gasteiger partial charge in [-0.15, -0.1) is 10.2 Å². The van der Waals surface area contributed by atoms with Gasteiger partial charge in [0, 0.05) is 31.1 Å². The van der Waals surface area contributed by atoms with Crippen molar-refractivity contribution in [2.75, 3.05) is 13.1 Å². The number of nitrogens with zero attached hydrogens (tertiary/aromatic N) is 4. The van der Waals surface area contributed by atoms with Crippen LogP contribution in [0.4, 0.5) is 0 Å². The van der Waals surface area contributed by atoms with Gasteiger partial charge in [0.25, 0.3) is 0 Å². The van der Waals surface area contributed by atoms with Gasteiger partial charge < -0.3 is 4.90 Å². The SMILES string of the molecule is O=C(C1CC2CCC1C2)N1CCC(c2nnc3ccccn23)CC1. The third-order valence-corrected chi connectivity index (χ3v) is 6.57. The number of piperidine rings is 1. The predicted octanol–water partition coefficient (Wildman–Crippen LogP) is 2.87. The molecule has 5 nitrogen and oxygen atoms in total. The van der Waals surface area contributed by atoms with E-state index in [2.05, 4.69) is 19.5 Å². The van der Waals surface area contributed by atoms with Crippen LogP contribution in [0, 0.1) is 17.8 Å². The second kappa shape index (κ2) is 5.57. The normalized spacial score (nSPS) is 30.3. The monoisotopic (exact) mass is 324 g/mol. The average Bonchev–Trinajstić information content (AvgIpc) is 3.36. The highest BCUT2D eigenvalue weighted by Crippen LogP contribution is 2.49. The van der Waals surface area contributed by atoms with E-state index in [0.29, 0.717) is 23.7 Å². The first-order valence-electron chi connectivity index (χ1n) is 9.38. The Kier molecular flexibility index (Phi) is 3.35. The summed E-state index contributed by atoms with van der Waals surface area (Å²) < 4.78 is 2.10. The van der Waals surface area contributed by atoms with Gasteiger partial charge in [0.15, 0.2) is 5.65 Å². The number of hydrogen-bond acceptors (Lipinski definition) is 3. The number of rotatable bonds is 2. The molecule has 2 aliphatic carbocycles. The Bertz CT molecular complexity index is 762. The fourth-order valence-electron chi connectivity index (χ4n) is 5.28. The minimum absolute atomic E-state index is 0.328. The maximum atomic E-state index is 12.9. The second-order valence-electron chi connectivity index (χ2n) is 7.87. The molecule has 2 saturated carbocycles. The molecule has 2 bridgehead atoms. The van der Waals surface area contributed by atoms with Gasteiger partial charge in [-0.05, 0) is 56.1 Å². The molecule has 126 valence electrons. The summed E-state index contributed by atoms with van der Waals surface area (Å²) in [5.74, 6) is 3.74. The van der Waals surface area contributed by atoms with Crippen LogP contribution in [-0.2, 0) is 4.79 Å². The highest BCUT2D eigenvalue weighted by molar-refractivity contribution is 5.79. The first-order chi connectivity index (χ1) is 11.8. The van der Waals surface area contributed by atoms with Crippen LogP contribution in [0.25, 0.3) is 5.65 Å². The van der Waals surface area contributed by atoms with Crippen LogP contribution < -0.4 is 0 Å². The second-order valence-corrected chi connectivity index (χ2v) is 7.87. The lowest BCUT2D eigenvalue weighted by molar-refractivity contribution is -0.138. The van der Waals surface area contributed by atoms with E-state index in [1.807, 2.05) is 24.4 Å². The van der Waals surface area contributed by atoms with Crippen molar-refractivity contribution in [3.8, 4) is 0 Å². The lowest BCUT2D eigenvalue weighted by Gasteiger charge is -2.34. The number of likely N-dealkylation sites (tertiary alicyclic amines) is 1. The number of pyridine rings is 1. The van der Waals surface area contributed by atoms with Gasteiger partial charge in [0.05, 0.1) is 0 Å². The molecule has 3 fully saturated rings. The molecule has 5 rings (SSSR count). The van der Waals surface area contributed by atoms with E-state index in [1.54, 1.807) is 0 Å². The van der Waals surface area contributed by atoms with E-state index < -0.39 is 0 Å². The number of fused-ring (bicyclic) bond motifs is 3. The molecule has 1 aliphatic heterocycles. The van der Waals surface area contributed by atoms with E-state index in [-0.39, 0.29) is 0 Å². The molecule has 24 heavy (non-hydrogen) atoms. The van der Waals surface area contributed by atoms with Gasteiger partial charge in [-0.1, -0.05) is 12.5 Å². The zero-order valence-electron chi connectivity index (χ0n) is 14.0. The Hall–Kier alpha value is -1.91. The number of hydrogen-bond donors (Lipinski definition) is 0. The first kappa shape index (κ1) is 14.4. The van der Waals surface area contributed by atoms with Crippen molar-refractivity contribution >= 4 is 11.6 Å². The zero-order valence-corrected chi connectivity index (χ0v) is 14.0. The van der Waals surface area contributed by atoms with Crippen LogP contribution in [0.3, 0.4) is 0 Å². The summed E-state index contributed by atoms with van der Waals surface area (Å²) in [5.41, 5.74) is 0.910. The Labute approximate surface area is 142 Å². The van der Waals surface area contributed by atoms with Crippen LogP contribution in [0.2, 0.25) is 0 Å². The Morgan fingerprint density at radius 1 is 1.04 bits per heavy atom. The largest absolute Gasteiger partial charge is 0.342 e. The van der Waals surface area contributed by atoms with Gasteiger partial charge in [-0.3, -0.25) is 9.20 Å². The molecule has 1 saturated heterocycles. The Balaban J connectivity index is 1.27. The summed E-state index contributed by atoms with van der Waals surface area (Å²) in [6.07, 6.45) is 9.14. The average molecular weight is 324 g/mol. The molecule has 2 aromatic heterocycles. The summed E-state index contributed by atoms with van der Waals surface area (Å²) >= 11 is 0. The Morgan fingerprint density at radius 3 is 2.67 bits per heavy atom. The minimum atomic E-state index is 0.328. The molecule has 3 unspecified atom stereocenters. The predicted molar refractivity (Wildman–Crippen MR) is 90.5 cm³/mol. The first-order valence-corrected chi connectivity index (χ1v) is 9.38. The van der Waals surface area contributed by atoms with Crippen molar-refractivity contribution in [2.24, 2.45) is 17.8 Å². The summed E-state index contributed by atoms with van der Waals surface area (Å²) in [4.78, 5) is 15.0. The van der Waals surface area contributed by atoms with Gasteiger partial charge in [0.2, 0.25) is 5.91 Å². The van der Waals surface area contributed by atoms with Crippen molar-refractivity contribution in [2.45, 2.75) is 44.4 Å². The minimum Gasteiger partial charge on any atom is -0.342 e. The summed E-state index contributed by atoms with van der Waals surface area (Å²) in [6.45, 7) is 1.75. The van der Waals surface area contributed by atoms with Gasteiger partial charge in [-0.2, -0.15) is 0 Å². The standard InChI is InChI=1S/C19H24N4O/c24-19(16-12-13-4-5-15(16)11-13)22-9-6-14(7-10-22)18-21-20-17-3-1-2-8-23(17)18/h1-3,8,13-16H,4-7,9-12H2. The molecule has 1 amide bonds. The van der Waals surface area contributed by atoms with E-state index in [9.17, 15) is 4.79 Å². The van der Waals surface area contributed by atoms with E-state index in [0.717, 1.165) is 49.7 Å². The summed E-state index contributed by atoms with van der Waals surface area (Å²) in [6, 6.07) is 6.00. The fourth-order valence-corrected chi connectivity index (χ4v) is 5.28. The molecule has 3 atom stereocenters. The van der Waals surface area contributed by atoms with E-state index in [1.165, 1.54) is 19.3 Å². The van der Waals surface area contributed by atoms with Gasteiger partial charge in [-0.25, -0.2) is 0 Å². The van der Waals surface area contributed by atoms with Crippen molar-refractivity contribution in [3.05, 3.63) is 30.2 Å². The van der Waals surface area contributed by atoms with E-state index >= 15 is 0 Å². The van der Waals surface area contributed by atoms with Crippen molar-refractivity contribution in [1.82, 2.24) is 19.5 Å². The molecule has 0 spiro atoms. The van der Waals surface area contributed by atoms with Gasteiger partial charge >= 0.3 is 0 Å². The van der Waals surface area contributed by atoms with Crippen molar-refractivity contribution in [3.63, 3.8) is 0 Å². The lowest BCUT2D eigenvalue weighted by Crippen LogP contribution is -2.42. The maximum absolute atomic E-state index is 12.9. The number of carbonyl (C=O) groups excluding carboxylic acids is 1. The van der Waals surface area contributed by atoms with Crippen LogP contribution in [0.1, 0.15) is 50.3 Å². The van der Waals surface area contributed by atoms with Crippen molar-refractivity contribution < 1.29 is 4.79 Å². The maximum Gasteiger partial charge on any atom is 0.225 e. The number of aromatic nitrogens is 3. The molecule has 2 aromatic rings. The summed E-state index contributed by atoms with van der Waals surface area (Å²) in [7, 11) is 0. The molecular formula is C19H24N4O. The molecule has 0 N–H and O–H groups in total. The number of amides is 1. The molecule has 3 aliphatic rings. The lowest BCUT2D eigenvalue weighted by atomic mass is 9.86. The highest BCUT2D eigenvalue weighted by Gasteiger charge is 2.44. The van der Waals surface area contributed by atoms with Crippen LogP contribution >= 0.6 is 0 Å². The molecule has 5 heteroatoms. The van der Waals surface area contributed by atoms with Crippen molar-refractivity contribution in [1.29, 1.82) is 0 Å². The highest BCUT2D eigenvalue weighted by atomic mass is 16.2. The molecular weight excluding hydrogens is 300 g/mol. The van der Waals surface area contributed by atoms with Crippen LogP contribution in [0.15, 0.2) is 24.4 Å². The zero-order chi connectivity index (χ0) is 16.1.